The zero-order chi connectivity index (χ0) is 13.3. The standard InChI is InChI=1S/C13H20O5/c1-8-9(14)10(15)11(16)12(18-8)17-7-6-13(2)4-3-5-13/h8-12,14-16H,4,6-7H2,1-2H3/t8-,9+,10+,11-,12+,13?/m0/s1. The third-order valence-corrected chi connectivity index (χ3v) is 3.61. The van der Waals surface area contributed by atoms with Crippen molar-refractivity contribution in [1.82, 2.24) is 0 Å². The van der Waals surface area contributed by atoms with Crippen LogP contribution in [0.4, 0.5) is 0 Å². The predicted octanol–water partition coefficient (Wildman–Crippen LogP) is -0.366. The zero-order valence-electron chi connectivity index (χ0n) is 10.7. The van der Waals surface area contributed by atoms with Crippen LogP contribution in [0.3, 0.4) is 0 Å². The monoisotopic (exact) mass is 256 g/mol. The van der Waals surface area contributed by atoms with E-state index in [0.717, 1.165) is 12.8 Å². The quantitative estimate of drug-likeness (QED) is 0.598. The number of ether oxygens (including phenoxy) is 2. The number of aliphatic hydroxyl groups is 3. The molecule has 6 atom stereocenters. The Morgan fingerprint density at radius 2 is 1.94 bits per heavy atom. The van der Waals surface area contributed by atoms with E-state index in [2.05, 4.69) is 18.8 Å². The maximum atomic E-state index is 9.74. The SMILES string of the molecule is C[C@@H]1O[C@@H](OCCC2(C)C#CC2)[C@@H](O)[C@H](O)[C@@H]1O. The minimum absolute atomic E-state index is 0.00334. The first kappa shape index (κ1) is 13.8. The third kappa shape index (κ3) is 2.68. The molecule has 2 rings (SSSR count). The number of aliphatic hydroxyl groups excluding tert-OH is 3. The van der Waals surface area contributed by atoms with Crippen LogP contribution in [0.1, 0.15) is 26.7 Å². The van der Waals surface area contributed by atoms with Gasteiger partial charge in [0.05, 0.1) is 12.7 Å². The van der Waals surface area contributed by atoms with Crippen LogP contribution in [-0.4, -0.2) is 52.6 Å². The largest absolute Gasteiger partial charge is 0.388 e. The molecule has 0 radical (unpaired) electrons. The molecule has 2 aliphatic rings. The molecule has 5 heteroatoms. The fourth-order valence-corrected chi connectivity index (χ4v) is 2.09. The highest BCUT2D eigenvalue weighted by Crippen LogP contribution is 2.31. The maximum absolute atomic E-state index is 9.74. The molecule has 0 aromatic carbocycles. The van der Waals surface area contributed by atoms with Gasteiger partial charge in [0.15, 0.2) is 6.29 Å². The van der Waals surface area contributed by atoms with Crippen molar-refractivity contribution in [2.24, 2.45) is 5.41 Å². The summed E-state index contributed by atoms with van der Waals surface area (Å²) in [5.41, 5.74) is 0.00334. The van der Waals surface area contributed by atoms with Gasteiger partial charge in [-0.05, 0) is 20.3 Å². The Balaban J connectivity index is 1.80. The second-order valence-corrected chi connectivity index (χ2v) is 5.34. The molecule has 5 nitrogen and oxygen atoms in total. The summed E-state index contributed by atoms with van der Waals surface area (Å²) in [6.45, 7) is 4.10. The van der Waals surface area contributed by atoms with E-state index in [9.17, 15) is 15.3 Å². The Hall–Kier alpha value is -0.640. The molecule has 0 spiro atoms. The van der Waals surface area contributed by atoms with Crippen LogP contribution in [0, 0.1) is 17.3 Å². The summed E-state index contributed by atoms with van der Waals surface area (Å²) in [5.74, 6) is 6.03. The van der Waals surface area contributed by atoms with Gasteiger partial charge < -0.3 is 24.8 Å². The first-order valence-corrected chi connectivity index (χ1v) is 6.24. The van der Waals surface area contributed by atoms with Crippen LogP contribution in [0.2, 0.25) is 0 Å². The van der Waals surface area contributed by atoms with Crippen LogP contribution in [-0.2, 0) is 9.47 Å². The van der Waals surface area contributed by atoms with E-state index >= 15 is 0 Å². The maximum Gasteiger partial charge on any atom is 0.186 e. The average molecular weight is 256 g/mol. The molecule has 1 fully saturated rings. The molecular weight excluding hydrogens is 236 g/mol. The smallest absolute Gasteiger partial charge is 0.186 e. The van der Waals surface area contributed by atoms with E-state index in [1.165, 1.54) is 0 Å². The highest BCUT2D eigenvalue weighted by molar-refractivity contribution is 5.23. The van der Waals surface area contributed by atoms with Crippen molar-refractivity contribution in [3.8, 4) is 11.8 Å². The van der Waals surface area contributed by atoms with E-state index < -0.39 is 30.7 Å². The van der Waals surface area contributed by atoms with E-state index in [0.29, 0.717) is 6.61 Å². The molecule has 0 aromatic rings. The fourth-order valence-electron chi connectivity index (χ4n) is 2.09. The van der Waals surface area contributed by atoms with Gasteiger partial charge in [-0.25, -0.2) is 0 Å². The Labute approximate surface area is 107 Å². The van der Waals surface area contributed by atoms with Gasteiger partial charge in [0, 0.05) is 11.8 Å². The lowest BCUT2D eigenvalue weighted by Gasteiger charge is -2.39. The van der Waals surface area contributed by atoms with Crippen molar-refractivity contribution >= 4 is 0 Å². The summed E-state index contributed by atoms with van der Waals surface area (Å²) in [6.07, 6.45) is -3.38. The highest BCUT2D eigenvalue weighted by atomic mass is 16.7. The summed E-state index contributed by atoms with van der Waals surface area (Å²) >= 11 is 0. The molecule has 1 heterocycles. The van der Waals surface area contributed by atoms with Crippen molar-refractivity contribution in [3.05, 3.63) is 0 Å². The summed E-state index contributed by atoms with van der Waals surface area (Å²) in [6, 6.07) is 0. The molecule has 18 heavy (non-hydrogen) atoms. The predicted molar refractivity (Wildman–Crippen MR) is 63.4 cm³/mol. The molecule has 1 aliphatic carbocycles. The van der Waals surface area contributed by atoms with Crippen molar-refractivity contribution in [2.45, 2.75) is 57.4 Å². The van der Waals surface area contributed by atoms with Crippen LogP contribution < -0.4 is 0 Å². The van der Waals surface area contributed by atoms with Crippen LogP contribution in [0.5, 0.6) is 0 Å². The summed E-state index contributed by atoms with van der Waals surface area (Å²) in [7, 11) is 0. The Morgan fingerprint density at radius 3 is 2.50 bits per heavy atom. The number of hydrogen-bond acceptors (Lipinski definition) is 5. The second-order valence-electron chi connectivity index (χ2n) is 5.34. The summed E-state index contributed by atoms with van der Waals surface area (Å²) in [4.78, 5) is 0. The second kappa shape index (κ2) is 5.16. The Bertz CT molecular complexity index is 360. The number of hydrogen-bond donors (Lipinski definition) is 3. The van der Waals surface area contributed by atoms with Gasteiger partial charge in [-0.2, -0.15) is 0 Å². The Kier molecular flexibility index (Phi) is 3.95. The average Bonchev–Trinajstić information content (AvgIpc) is 2.30. The minimum atomic E-state index is -1.24. The molecule has 102 valence electrons. The minimum Gasteiger partial charge on any atom is -0.388 e. The topological polar surface area (TPSA) is 79.2 Å². The molecular formula is C13H20O5. The zero-order valence-corrected chi connectivity index (χ0v) is 10.7. The molecule has 1 aliphatic heterocycles. The van der Waals surface area contributed by atoms with Gasteiger partial charge in [0.25, 0.3) is 0 Å². The van der Waals surface area contributed by atoms with E-state index in [1.54, 1.807) is 6.92 Å². The van der Waals surface area contributed by atoms with Crippen molar-refractivity contribution in [1.29, 1.82) is 0 Å². The Morgan fingerprint density at radius 1 is 1.28 bits per heavy atom. The lowest BCUT2D eigenvalue weighted by atomic mass is 9.78. The first-order valence-electron chi connectivity index (χ1n) is 6.24. The molecule has 3 N–H and O–H groups in total. The van der Waals surface area contributed by atoms with Gasteiger partial charge in [-0.15, -0.1) is 5.92 Å². The molecule has 0 saturated carbocycles. The van der Waals surface area contributed by atoms with Gasteiger partial charge >= 0.3 is 0 Å². The van der Waals surface area contributed by atoms with Crippen LogP contribution in [0.15, 0.2) is 0 Å². The van der Waals surface area contributed by atoms with Crippen molar-refractivity contribution in [2.75, 3.05) is 6.61 Å². The normalized spacial score (nSPS) is 47.1. The van der Waals surface area contributed by atoms with Gasteiger partial charge in [0.2, 0.25) is 0 Å². The highest BCUT2D eigenvalue weighted by Gasteiger charge is 2.42. The third-order valence-electron chi connectivity index (χ3n) is 3.61. The van der Waals surface area contributed by atoms with Crippen molar-refractivity contribution < 1.29 is 24.8 Å². The van der Waals surface area contributed by atoms with Gasteiger partial charge in [-0.3, -0.25) is 0 Å². The van der Waals surface area contributed by atoms with Gasteiger partial charge in [0.1, 0.15) is 18.3 Å². The first-order chi connectivity index (χ1) is 8.43. The van der Waals surface area contributed by atoms with Crippen LogP contribution in [0.25, 0.3) is 0 Å². The molecule has 1 unspecified atom stereocenters. The van der Waals surface area contributed by atoms with Crippen molar-refractivity contribution in [3.63, 3.8) is 0 Å². The van der Waals surface area contributed by atoms with Gasteiger partial charge in [-0.1, -0.05) is 5.92 Å². The lowest BCUT2D eigenvalue weighted by Crippen LogP contribution is -2.57. The molecule has 0 bridgehead atoms. The van der Waals surface area contributed by atoms with E-state index in [-0.39, 0.29) is 5.41 Å². The summed E-state index contributed by atoms with van der Waals surface area (Å²) in [5, 5.41) is 28.9. The fraction of sp³-hybridized carbons (Fsp3) is 0.846. The summed E-state index contributed by atoms with van der Waals surface area (Å²) < 4.78 is 10.8. The number of rotatable bonds is 4. The van der Waals surface area contributed by atoms with E-state index in [4.69, 9.17) is 9.47 Å². The lowest BCUT2D eigenvalue weighted by molar-refractivity contribution is -0.293. The molecule has 0 amide bonds. The molecule has 1 saturated heterocycles. The van der Waals surface area contributed by atoms with Crippen LogP contribution >= 0.6 is 0 Å². The van der Waals surface area contributed by atoms with E-state index in [1.807, 2.05) is 0 Å². The molecule has 0 aromatic heterocycles.